The molecule has 2 aliphatic heterocycles. The first kappa shape index (κ1) is 22.5. The molecule has 34 heavy (non-hydrogen) atoms. The number of piperazine rings is 1. The summed E-state index contributed by atoms with van der Waals surface area (Å²) < 4.78 is 13.4. The van der Waals surface area contributed by atoms with Gasteiger partial charge in [-0.05, 0) is 30.3 Å². The molecular formula is C26H29N3O5. The van der Waals surface area contributed by atoms with E-state index >= 15 is 0 Å². The number of benzene rings is 2. The van der Waals surface area contributed by atoms with Gasteiger partial charge in [-0.25, -0.2) is 0 Å². The standard InChI is InChI=1S/C26H29N3O5/c1-27-15-17(20-14-18(33-2)3-5-22(20)27)13-24-25(32)19-4-6-23(31)21(26(19)34-24)16-29-9-7-28(8-10-29)11-12-30/h3-6,13-15,30-31H,7-12,16H2,1-2H3. The molecule has 2 aromatic carbocycles. The largest absolute Gasteiger partial charge is 0.872 e. The summed E-state index contributed by atoms with van der Waals surface area (Å²) in [6.07, 6.45) is 3.70. The second kappa shape index (κ2) is 9.13. The maximum Gasteiger partial charge on any atom is 0.231 e. The van der Waals surface area contributed by atoms with E-state index in [1.165, 1.54) is 11.0 Å². The van der Waals surface area contributed by atoms with Gasteiger partial charge in [-0.3, -0.25) is 9.69 Å². The molecule has 0 atom stereocenters. The van der Waals surface area contributed by atoms with Crippen LogP contribution >= 0.6 is 0 Å². The molecule has 1 saturated heterocycles. The number of allylic oxidation sites excluding steroid dienone is 1. The third kappa shape index (κ3) is 4.04. The first-order valence-corrected chi connectivity index (χ1v) is 11.6. The van der Waals surface area contributed by atoms with Crippen LogP contribution in [0.3, 0.4) is 0 Å². The SMILES string of the molecule is COc1ccc2c(c1)c(C=C1Oc3c(ccc([O-])c3C[NH+]3CCN(CCO)CC3)C1=O)cn2C. The van der Waals surface area contributed by atoms with Crippen molar-refractivity contribution >= 4 is 22.8 Å². The van der Waals surface area contributed by atoms with E-state index < -0.39 is 0 Å². The number of fused-ring (bicyclic) bond motifs is 2. The molecule has 3 heterocycles. The smallest absolute Gasteiger partial charge is 0.231 e. The zero-order chi connectivity index (χ0) is 23.8. The number of methoxy groups -OCH3 is 1. The second-order valence-electron chi connectivity index (χ2n) is 8.93. The minimum absolute atomic E-state index is 0.104. The molecule has 3 aromatic rings. The molecule has 2 N–H and O–H groups in total. The summed E-state index contributed by atoms with van der Waals surface area (Å²) in [7, 11) is 3.58. The van der Waals surface area contributed by atoms with Gasteiger partial charge in [0.15, 0.2) is 5.76 Å². The van der Waals surface area contributed by atoms with Crippen LogP contribution in [0.15, 0.2) is 42.3 Å². The average Bonchev–Trinajstić information content (AvgIpc) is 3.33. The highest BCUT2D eigenvalue weighted by atomic mass is 16.5. The van der Waals surface area contributed by atoms with Gasteiger partial charge in [0.1, 0.15) is 18.0 Å². The topological polar surface area (TPSA) is 91.4 Å². The Morgan fingerprint density at radius 3 is 2.76 bits per heavy atom. The van der Waals surface area contributed by atoms with E-state index in [0.717, 1.165) is 48.4 Å². The van der Waals surface area contributed by atoms with Crippen molar-refractivity contribution in [3.8, 4) is 17.2 Å². The fraction of sp³-hybridized carbons (Fsp3) is 0.346. The molecule has 0 radical (unpaired) electrons. The minimum Gasteiger partial charge on any atom is -0.872 e. The maximum atomic E-state index is 13.2. The third-order valence-electron chi connectivity index (χ3n) is 6.82. The number of aromatic nitrogens is 1. The summed E-state index contributed by atoms with van der Waals surface area (Å²) in [5.41, 5.74) is 2.86. The van der Waals surface area contributed by atoms with Crippen molar-refractivity contribution in [2.75, 3.05) is 46.4 Å². The molecule has 5 rings (SSSR count). The maximum absolute atomic E-state index is 13.2. The number of carbonyl (C=O) groups excluding carboxylic acids is 1. The van der Waals surface area contributed by atoms with Gasteiger partial charge >= 0.3 is 0 Å². The van der Waals surface area contributed by atoms with Gasteiger partial charge < -0.3 is 29.2 Å². The van der Waals surface area contributed by atoms with Crippen LogP contribution in [0.5, 0.6) is 17.2 Å². The molecule has 8 heteroatoms. The number of hydrogen-bond acceptors (Lipinski definition) is 6. The number of Topliss-reactive ketones (excluding diaryl/α,β-unsaturated/α-hetero) is 1. The Morgan fingerprint density at radius 1 is 1.24 bits per heavy atom. The second-order valence-corrected chi connectivity index (χ2v) is 8.93. The normalized spacial score (nSPS) is 18.0. The summed E-state index contributed by atoms with van der Waals surface area (Å²) in [5, 5.41) is 22.9. The predicted octanol–water partition coefficient (Wildman–Crippen LogP) is 0.570. The van der Waals surface area contributed by atoms with Gasteiger partial charge in [-0.2, -0.15) is 0 Å². The molecule has 0 aliphatic carbocycles. The lowest BCUT2D eigenvalue weighted by molar-refractivity contribution is -0.918. The van der Waals surface area contributed by atoms with E-state index in [1.807, 2.05) is 36.0 Å². The van der Waals surface area contributed by atoms with Crippen molar-refractivity contribution in [1.82, 2.24) is 9.47 Å². The van der Waals surface area contributed by atoms with Crippen LogP contribution in [-0.2, 0) is 13.6 Å². The number of rotatable bonds is 6. The average molecular weight is 464 g/mol. The molecule has 0 spiro atoms. The highest BCUT2D eigenvalue weighted by molar-refractivity contribution is 6.15. The Kier molecular flexibility index (Phi) is 6.03. The van der Waals surface area contributed by atoms with E-state index in [0.29, 0.717) is 30.0 Å². The number of quaternary nitrogens is 1. The Labute approximate surface area is 198 Å². The molecule has 178 valence electrons. The molecule has 1 fully saturated rings. The fourth-order valence-electron chi connectivity index (χ4n) is 4.90. The van der Waals surface area contributed by atoms with Crippen molar-refractivity contribution in [2.45, 2.75) is 6.54 Å². The van der Waals surface area contributed by atoms with Gasteiger partial charge in [0.2, 0.25) is 5.78 Å². The predicted molar refractivity (Wildman–Crippen MR) is 126 cm³/mol. The number of aliphatic hydroxyl groups excluding tert-OH is 1. The summed E-state index contributed by atoms with van der Waals surface area (Å²) in [6.45, 7) is 4.83. The highest BCUT2D eigenvalue weighted by Crippen LogP contribution is 2.39. The summed E-state index contributed by atoms with van der Waals surface area (Å²) in [4.78, 5) is 16.7. The lowest BCUT2D eigenvalue weighted by Gasteiger charge is -2.32. The molecule has 1 aromatic heterocycles. The first-order valence-electron chi connectivity index (χ1n) is 11.6. The number of hydrogen-bond donors (Lipinski definition) is 2. The van der Waals surface area contributed by atoms with Crippen LogP contribution in [0.25, 0.3) is 17.0 Å². The van der Waals surface area contributed by atoms with Gasteiger partial charge in [0, 0.05) is 54.9 Å². The molecular weight excluding hydrogens is 434 g/mol. The molecule has 8 nitrogen and oxygen atoms in total. The third-order valence-corrected chi connectivity index (χ3v) is 6.82. The number of ketones is 1. The minimum atomic E-state index is -0.209. The number of nitrogens with zero attached hydrogens (tertiary/aromatic N) is 2. The quantitative estimate of drug-likeness (QED) is 0.520. The van der Waals surface area contributed by atoms with Crippen molar-refractivity contribution in [1.29, 1.82) is 0 Å². The number of aryl methyl sites for hydroxylation is 1. The molecule has 0 unspecified atom stereocenters. The molecule has 2 aliphatic rings. The van der Waals surface area contributed by atoms with E-state index in [1.54, 1.807) is 19.3 Å². The summed E-state index contributed by atoms with van der Waals surface area (Å²) in [5.74, 6) is 1.04. The van der Waals surface area contributed by atoms with E-state index in [4.69, 9.17) is 14.6 Å². The van der Waals surface area contributed by atoms with Gasteiger partial charge in [0.25, 0.3) is 0 Å². The monoisotopic (exact) mass is 463 g/mol. The Hall–Kier alpha value is -3.33. The molecule has 0 bridgehead atoms. The number of carbonyl (C=O) groups is 1. The van der Waals surface area contributed by atoms with E-state index in [9.17, 15) is 9.90 Å². The van der Waals surface area contributed by atoms with E-state index in [2.05, 4.69) is 4.90 Å². The number of aliphatic hydroxyl groups is 1. The van der Waals surface area contributed by atoms with Crippen molar-refractivity contribution < 1.29 is 29.4 Å². The number of β-amino-alcohol motifs (C(OH)–C–C–N with tert-alkyl or cyclic N) is 1. The number of ether oxygens (including phenoxy) is 2. The van der Waals surface area contributed by atoms with Gasteiger partial charge in [-0.15, -0.1) is 0 Å². The fourth-order valence-corrected chi connectivity index (χ4v) is 4.90. The van der Waals surface area contributed by atoms with Crippen LogP contribution in [0.2, 0.25) is 0 Å². The van der Waals surface area contributed by atoms with Crippen LogP contribution < -0.4 is 19.5 Å². The summed E-state index contributed by atoms with van der Waals surface area (Å²) in [6, 6.07) is 8.87. The van der Waals surface area contributed by atoms with Gasteiger partial charge in [-0.1, -0.05) is 11.8 Å². The number of nitrogens with one attached hydrogen (secondary N) is 1. The van der Waals surface area contributed by atoms with Crippen LogP contribution in [-0.4, -0.2) is 66.8 Å². The van der Waals surface area contributed by atoms with Crippen molar-refractivity contribution in [2.24, 2.45) is 7.05 Å². The van der Waals surface area contributed by atoms with Gasteiger partial charge in [0.05, 0.1) is 32.4 Å². The Balaban J connectivity index is 1.43. The molecule has 0 amide bonds. The lowest BCUT2D eigenvalue weighted by Crippen LogP contribution is -3.13. The van der Waals surface area contributed by atoms with Crippen LogP contribution in [0.1, 0.15) is 21.5 Å². The highest BCUT2D eigenvalue weighted by Gasteiger charge is 2.32. The lowest BCUT2D eigenvalue weighted by atomic mass is 10.0. The zero-order valence-corrected chi connectivity index (χ0v) is 19.5. The Morgan fingerprint density at radius 2 is 2.03 bits per heavy atom. The summed E-state index contributed by atoms with van der Waals surface area (Å²) >= 11 is 0. The molecule has 0 saturated carbocycles. The van der Waals surface area contributed by atoms with Crippen LogP contribution in [0, 0.1) is 0 Å². The zero-order valence-electron chi connectivity index (χ0n) is 19.5. The Bertz CT molecular complexity index is 1270. The van der Waals surface area contributed by atoms with Crippen molar-refractivity contribution in [3.05, 3.63) is 59.0 Å². The first-order chi connectivity index (χ1) is 16.5. The van der Waals surface area contributed by atoms with Crippen molar-refractivity contribution in [3.63, 3.8) is 0 Å². The van der Waals surface area contributed by atoms with Crippen LogP contribution in [0.4, 0.5) is 0 Å². The van der Waals surface area contributed by atoms with E-state index in [-0.39, 0.29) is 23.9 Å².